The van der Waals surface area contributed by atoms with Crippen LogP contribution >= 0.6 is 0 Å². The molecule has 0 bridgehead atoms. The number of rotatable bonds is 4. The predicted octanol–water partition coefficient (Wildman–Crippen LogP) is 3.10. The molecule has 0 saturated heterocycles. The Morgan fingerprint density at radius 1 is 1.26 bits per heavy atom. The van der Waals surface area contributed by atoms with Crippen molar-refractivity contribution in [3.05, 3.63) is 35.9 Å². The molecule has 1 aliphatic carbocycles. The Balaban J connectivity index is 1.90. The van der Waals surface area contributed by atoms with Gasteiger partial charge < -0.3 is 10.0 Å². The van der Waals surface area contributed by atoms with Crippen molar-refractivity contribution in [1.82, 2.24) is 4.90 Å². The van der Waals surface area contributed by atoms with E-state index in [0.29, 0.717) is 11.5 Å². The van der Waals surface area contributed by atoms with Gasteiger partial charge in [0.1, 0.15) is 0 Å². The smallest absolute Gasteiger partial charge is 0.0695 e. The fourth-order valence-corrected chi connectivity index (χ4v) is 3.10. The standard InChI is InChI=1S/C17H27NO/c1-17(2)11-9-16(19)15(13-17)18(3)12-10-14-7-5-4-6-8-14/h4-8,15-16,19H,9-13H2,1-3H3. The van der Waals surface area contributed by atoms with Crippen molar-refractivity contribution < 1.29 is 5.11 Å². The molecule has 0 amide bonds. The van der Waals surface area contributed by atoms with Gasteiger partial charge in [-0.3, -0.25) is 0 Å². The minimum atomic E-state index is -0.159. The highest BCUT2D eigenvalue weighted by atomic mass is 16.3. The first-order valence-corrected chi connectivity index (χ1v) is 7.40. The van der Waals surface area contributed by atoms with E-state index in [-0.39, 0.29) is 6.10 Å². The number of likely N-dealkylation sites (N-methyl/N-ethyl adjacent to an activating group) is 1. The second kappa shape index (κ2) is 6.06. The number of hydrogen-bond acceptors (Lipinski definition) is 2. The fraction of sp³-hybridized carbons (Fsp3) is 0.647. The summed E-state index contributed by atoms with van der Waals surface area (Å²) in [5, 5.41) is 10.2. The van der Waals surface area contributed by atoms with Crippen molar-refractivity contribution >= 4 is 0 Å². The molecular formula is C17H27NO. The van der Waals surface area contributed by atoms with E-state index in [1.165, 1.54) is 5.56 Å². The van der Waals surface area contributed by atoms with Crippen LogP contribution in [0.25, 0.3) is 0 Å². The molecule has 2 unspecified atom stereocenters. The summed E-state index contributed by atoms with van der Waals surface area (Å²) < 4.78 is 0. The SMILES string of the molecule is CN(CCc1ccccc1)C1CC(C)(C)CCC1O. The van der Waals surface area contributed by atoms with Crippen LogP contribution in [0.1, 0.15) is 38.7 Å². The second-order valence-electron chi connectivity index (χ2n) is 6.76. The van der Waals surface area contributed by atoms with Crippen molar-refractivity contribution in [1.29, 1.82) is 0 Å². The van der Waals surface area contributed by atoms with E-state index in [4.69, 9.17) is 0 Å². The molecule has 1 aliphatic rings. The first kappa shape index (κ1) is 14.5. The van der Waals surface area contributed by atoms with Gasteiger partial charge in [-0.2, -0.15) is 0 Å². The maximum Gasteiger partial charge on any atom is 0.0695 e. The van der Waals surface area contributed by atoms with Crippen LogP contribution in [0.5, 0.6) is 0 Å². The highest BCUT2D eigenvalue weighted by molar-refractivity contribution is 5.14. The van der Waals surface area contributed by atoms with Gasteiger partial charge in [-0.05, 0) is 43.7 Å². The lowest BCUT2D eigenvalue weighted by Gasteiger charge is -2.42. The molecule has 1 aromatic rings. The van der Waals surface area contributed by atoms with Gasteiger partial charge in [-0.1, -0.05) is 44.2 Å². The Kier molecular flexibility index (Phi) is 4.64. The summed E-state index contributed by atoms with van der Waals surface area (Å²) in [6, 6.07) is 10.9. The monoisotopic (exact) mass is 261 g/mol. The van der Waals surface area contributed by atoms with E-state index < -0.39 is 0 Å². The van der Waals surface area contributed by atoms with E-state index in [0.717, 1.165) is 32.2 Å². The minimum Gasteiger partial charge on any atom is -0.391 e. The van der Waals surface area contributed by atoms with Crippen LogP contribution in [0.4, 0.5) is 0 Å². The topological polar surface area (TPSA) is 23.5 Å². The number of nitrogens with zero attached hydrogens (tertiary/aromatic N) is 1. The Bertz CT molecular complexity index is 388. The lowest BCUT2D eigenvalue weighted by molar-refractivity contribution is -0.00682. The second-order valence-corrected chi connectivity index (χ2v) is 6.76. The lowest BCUT2D eigenvalue weighted by Crippen LogP contribution is -2.48. The highest BCUT2D eigenvalue weighted by Gasteiger charge is 2.35. The molecule has 19 heavy (non-hydrogen) atoms. The summed E-state index contributed by atoms with van der Waals surface area (Å²) in [6.45, 7) is 5.65. The average molecular weight is 261 g/mol. The third kappa shape index (κ3) is 4.05. The van der Waals surface area contributed by atoms with Crippen LogP contribution in [0.15, 0.2) is 30.3 Å². The van der Waals surface area contributed by atoms with Gasteiger partial charge in [0.25, 0.3) is 0 Å². The normalized spacial score (nSPS) is 26.6. The zero-order valence-corrected chi connectivity index (χ0v) is 12.5. The Labute approximate surface area is 117 Å². The number of aliphatic hydroxyl groups is 1. The molecule has 0 aromatic heterocycles. The molecule has 2 heteroatoms. The van der Waals surface area contributed by atoms with Gasteiger partial charge in [0.2, 0.25) is 0 Å². The molecule has 0 spiro atoms. The van der Waals surface area contributed by atoms with Gasteiger partial charge in [0.15, 0.2) is 0 Å². The number of aliphatic hydroxyl groups excluding tert-OH is 1. The van der Waals surface area contributed by atoms with Crippen molar-refractivity contribution in [3.8, 4) is 0 Å². The van der Waals surface area contributed by atoms with E-state index >= 15 is 0 Å². The molecule has 2 nitrogen and oxygen atoms in total. The van der Waals surface area contributed by atoms with Crippen LogP contribution in [0.2, 0.25) is 0 Å². The van der Waals surface area contributed by atoms with Crippen LogP contribution in [-0.4, -0.2) is 35.7 Å². The summed E-state index contributed by atoms with van der Waals surface area (Å²) in [6.07, 6.45) is 4.07. The highest BCUT2D eigenvalue weighted by Crippen LogP contribution is 2.37. The summed E-state index contributed by atoms with van der Waals surface area (Å²) in [5.74, 6) is 0. The fourth-order valence-electron chi connectivity index (χ4n) is 3.10. The van der Waals surface area contributed by atoms with Crippen LogP contribution < -0.4 is 0 Å². The van der Waals surface area contributed by atoms with E-state index in [2.05, 4.69) is 56.1 Å². The summed E-state index contributed by atoms with van der Waals surface area (Å²) in [5.41, 5.74) is 1.74. The maximum atomic E-state index is 10.2. The zero-order chi connectivity index (χ0) is 13.9. The molecule has 1 N–H and O–H groups in total. The van der Waals surface area contributed by atoms with Crippen molar-refractivity contribution in [2.45, 2.75) is 51.7 Å². The molecule has 0 heterocycles. The first-order valence-electron chi connectivity index (χ1n) is 7.40. The van der Waals surface area contributed by atoms with Crippen molar-refractivity contribution in [3.63, 3.8) is 0 Å². The molecule has 1 saturated carbocycles. The Morgan fingerprint density at radius 3 is 2.63 bits per heavy atom. The molecular weight excluding hydrogens is 234 g/mol. The zero-order valence-electron chi connectivity index (χ0n) is 12.5. The van der Waals surface area contributed by atoms with Crippen LogP contribution in [-0.2, 0) is 6.42 Å². The number of benzene rings is 1. The molecule has 2 atom stereocenters. The Hall–Kier alpha value is -0.860. The van der Waals surface area contributed by atoms with Gasteiger partial charge in [-0.15, -0.1) is 0 Å². The molecule has 2 rings (SSSR count). The predicted molar refractivity (Wildman–Crippen MR) is 80.2 cm³/mol. The van der Waals surface area contributed by atoms with E-state index in [1.807, 2.05) is 0 Å². The lowest BCUT2D eigenvalue weighted by atomic mass is 9.73. The Morgan fingerprint density at radius 2 is 1.95 bits per heavy atom. The van der Waals surface area contributed by atoms with Gasteiger partial charge in [-0.25, -0.2) is 0 Å². The van der Waals surface area contributed by atoms with E-state index in [9.17, 15) is 5.11 Å². The third-order valence-corrected chi connectivity index (χ3v) is 4.48. The summed E-state index contributed by atoms with van der Waals surface area (Å²) in [7, 11) is 2.15. The van der Waals surface area contributed by atoms with Crippen molar-refractivity contribution in [2.75, 3.05) is 13.6 Å². The number of hydrogen-bond donors (Lipinski definition) is 1. The molecule has 0 radical (unpaired) electrons. The first-order chi connectivity index (χ1) is 8.98. The quantitative estimate of drug-likeness (QED) is 0.900. The van der Waals surface area contributed by atoms with Gasteiger partial charge in [0, 0.05) is 12.6 Å². The van der Waals surface area contributed by atoms with Crippen LogP contribution in [0, 0.1) is 5.41 Å². The van der Waals surface area contributed by atoms with Crippen molar-refractivity contribution in [2.24, 2.45) is 5.41 Å². The van der Waals surface area contributed by atoms with Crippen LogP contribution in [0.3, 0.4) is 0 Å². The van der Waals surface area contributed by atoms with Gasteiger partial charge in [0.05, 0.1) is 6.10 Å². The summed E-state index contributed by atoms with van der Waals surface area (Å²) in [4.78, 5) is 2.35. The molecule has 0 aliphatic heterocycles. The maximum absolute atomic E-state index is 10.2. The van der Waals surface area contributed by atoms with E-state index in [1.54, 1.807) is 0 Å². The molecule has 1 aromatic carbocycles. The summed E-state index contributed by atoms with van der Waals surface area (Å²) >= 11 is 0. The average Bonchev–Trinajstić information content (AvgIpc) is 2.40. The molecule has 106 valence electrons. The minimum absolute atomic E-state index is 0.159. The van der Waals surface area contributed by atoms with Gasteiger partial charge >= 0.3 is 0 Å². The molecule has 1 fully saturated rings. The largest absolute Gasteiger partial charge is 0.391 e. The third-order valence-electron chi connectivity index (χ3n) is 4.48.